The fourth-order valence-electron chi connectivity index (χ4n) is 0. The third kappa shape index (κ3) is 12.0. The number of hydrogen-bond acceptors (Lipinski definition) is 0. The zero-order valence-electron chi connectivity index (χ0n) is 3.70. The second-order valence-electron chi connectivity index (χ2n) is 0.697. The van der Waals surface area contributed by atoms with Crippen LogP contribution in [0.2, 0.25) is 0 Å². The molecule has 0 N–H and O–H groups in total. The number of rotatable bonds is 1. The van der Waals surface area contributed by atoms with Gasteiger partial charge in [0.1, 0.15) is 0 Å². The third-order valence-electron chi connectivity index (χ3n) is 0.289. The van der Waals surface area contributed by atoms with Crippen molar-refractivity contribution in [2.75, 3.05) is 0 Å². The maximum absolute atomic E-state index is 3.48. The van der Waals surface area contributed by atoms with Crippen molar-refractivity contribution in [2.45, 2.75) is 13.3 Å². The summed E-state index contributed by atoms with van der Waals surface area (Å²) in [7, 11) is 0. The standard InChI is InChI=1S/C4H8.Cd/c1-3-4-2;/h3H,1,4H2,2H3;. The molecule has 0 saturated heterocycles. The molecule has 0 saturated carbocycles. The molecule has 0 atom stereocenters. The van der Waals surface area contributed by atoms with Gasteiger partial charge in [-0.25, -0.2) is 0 Å². The van der Waals surface area contributed by atoms with Gasteiger partial charge in [0.2, 0.25) is 0 Å². The van der Waals surface area contributed by atoms with Gasteiger partial charge in [0, 0.05) is 27.3 Å². The molecule has 0 bridgehead atoms. The Morgan fingerprint density at radius 2 is 2.00 bits per heavy atom. The van der Waals surface area contributed by atoms with E-state index in [0.717, 1.165) is 6.42 Å². The van der Waals surface area contributed by atoms with Gasteiger partial charge in [0.15, 0.2) is 0 Å². The summed E-state index contributed by atoms with van der Waals surface area (Å²) in [5, 5.41) is 0. The second-order valence-corrected chi connectivity index (χ2v) is 0.697. The normalized spacial score (nSPS) is 5.00. The Labute approximate surface area is 53.4 Å². The van der Waals surface area contributed by atoms with Gasteiger partial charge in [0.25, 0.3) is 0 Å². The van der Waals surface area contributed by atoms with E-state index in [1.54, 1.807) is 0 Å². The van der Waals surface area contributed by atoms with Gasteiger partial charge in [0.05, 0.1) is 0 Å². The van der Waals surface area contributed by atoms with E-state index in [-0.39, 0.29) is 27.3 Å². The summed E-state index contributed by atoms with van der Waals surface area (Å²) in [5.41, 5.74) is 0. The summed E-state index contributed by atoms with van der Waals surface area (Å²) in [4.78, 5) is 0. The molecule has 0 aliphatic rings. The van der Waals surface area contributed by atoms with Crippen molar-refractivity contribution in [1.29, 1.82) is 0 Å². The molecule has 0 aromatic heterocycles. The van der Waals surface area contributed by atoms with Crippen LogP contribution in [0.15, 0.2) is 12.7 Å². The molecule has 0 unspecified atom stereocenters. The van der Waals surface area contributed by atoms with Gasteiger partial charge in [-0.1, -0.05) is 13.0 Å². The summed E-state index contributed by atoms with van der Waals surface area (Å²) >= 11 is 0. The van der Waals surface area contributed by atoms with E-state index in [1.165, 1.54) is 0 Å². The molecular formula is C4H8Cd. The van der Waals surface area contributed by atoms with Gasteiger partial charge in [-0.2, -0.15) is 0 Å². The van der Waals surface area contributed by atoms with E-state index in [2.05, 4.69) is 13.5 Å². The van der Waals surface area contributed by atoms with Gasteiger partial charge < -0.3 is 0 Å². The van der Waals surface area contributed by atoms with Crippen LogP contribution in [-0.4, -0.2) is 0 Å². The summed E-state index contributed by atoms with van der Waals surface area (Å²) in [6.07, 6.45) is 2.96. The zero-order valence-corrected chi connectivity index (χ0v) is 7.73. The minimum Gasteiger partial charge on any atom is -0.103 e. The molecule has 0 aromatic rings. The van der Waals surface area contributed by atoms with Crippen LogP contribution >= 0.6 is 0 Å². The molecular weight excluding hydrogens is 160 g/mol. The molecule has 0 fully saturated rings. The first-order valence-corrected chi connectivity index (χ1v) is 1.52. The Bertz CT molecular complexity index is 17.6. The molecule has 0 radical (unpaired) electrons. The predicted molar refractivity (Wildman–Crippen MR) is 20.5 cm³/mol. The smallest absolute Gasteiger partial charge is 0 e. The first kappa shape index (κ1) is 9.18. The fraction of sp³-hybridized carbons (Fsp3) is 0.500. The molecule has 26 valence electrons. The SMILES string of the molecule is C=CCC.[Cd]. The predicted octanol–water partition coefficient (Wildman–Crippen LogP) is 1.58. The molecule has 0 aromatic carbocycles. The average molecular weight is 169 g/mol. The van der Waals surface area contributed by atoms with E-state index >= 15 is 0 Å². The molecule has 0 amide bonds. The van der Waals surface area contributed by atoms with E-state index in [1.807, 2.05) is 6.08 Å². The summed E-state index contributed by atoms with van der Waals surface area (Å²) < 4.78 is 0. The van der Waals surface area contributed by atoms with Crippen molar-refractivity contribution >= 4 is 0 Å². The van der Waals surface area contributed by atoms with E-state index < -0.39 is 0 Å². The first-order chi connectivity index (χ1) is 1.91. The molecule has 1 heteroatoms. The van der Waals surface area contributed by atoms with E-state index in [0.29, 0.717) is 0 Å². The van der Waals surface area contributed by atoms with Crippen LogP contribution in [0, 0.1) is 0 Å². The Balaban J connectivity index is 0. The molecule has 5 heavy (non-hydrogen) atoms. The van der Waals surface area contributed by atoms with Crippen LogP contribution in [0.3, 0.4) is 0 Å². The van der Waals surface area contributed by atoms with Crippen molar-refractivity contribution in [1.82, 2.24) is 0 Å². The zero-order chi connectivity index (χ0) is 3.41. The van der Waals surface area contributed by atoms with Crippen LogP contribution in [0.25, 0.3) is 0 Å². The first-order valence-electron chi connectivity index (χ1n) is 1.52. The molecule has 0 aliphatic heterocycles. The van der Waals surface area contributed by atoms with Crippen molar-refractivity contribution < 1.29 is 27.3 Å². The average Bonchev–Trinajstić information content (AvgIpc) is 1.37. The van der Waals surface area contributed by atoms with Gasteiger partial charge in [-0.3, -0.25) is 0 Å². The Kier molecular flexibility index (Phi) is 16.2. The Morgan fingerprint density at radius 3 is 2.00 bits per heavy atom. The van der Waals surface area contributed by atoms with E-state index in [4.69, 9.17) is 0 Å². The Hall–Kier alpha value is 0.662. The van der Waals surface area contributed by atoms with E-state index in [9.17, 15) is 0 Å². The molecule has 0 aliphatic carbocycles. The van der Waals surface area contributed by atoms with Crippen LogP contribution < -0.4 is 0 Å². The van der Waals surface area contributed by atoms with Gasteiger partial charge >= 0.3 is 0 Å². The summed E-state index contributed by atoms with van der Waals surface area (Å²) in [5.74, 6) is 0. The molecule has 0 spiro atoms. The largest absolute Gasteiger partial charge is 0.103 e. The molecule has 0 rings (SSSR count). The quantitative estimate of drug-likeness (QED) is 0.412. The van der Waals surface area contributed by atoms with Crippen LogP contribution in [0.4, 0.5) is 0 Å². The Morgan fingerprint density at radius 1 is 1.80 bits per heavy atom. The fourth-order valence-corrected chi connectivity index (χ4v) is 0. The van der Waals surface area contributed by atoms with Crippen LogP contribution in [0.5, 0.6) is 0 Å². The maximum Gasteiger partial charge on any atom is 0 e. The molecule has 0 heterocycles. The molecule has 0 nitrogen and oxygen atoms in total. The van der Waals surface area contributed by atoms with Crippen molar-refractivity contribution in [2.24, 2.45) is 0 Å². The van der Waals surface area contributed by atoms with Crippen molar-refractivity contribution in [3.63, 3.8) is 0 Å². The number of hydrogen-bond donors (Lipinski definition) is 0. The van der Waals surface area contributed by atoms with Gasteiger partial charge in [-0.05, 0) is 6.42 Å². The van der Waals surface area contributed by atoms with Crippen molar-refractivity contribution in [3.8, 4) is 0 Å². The van der Waals surface area contributed by atoms with Crippen molar-refractivity contribution in [3.05, 3.63) is 12.7 Å². The second kappa shape index (κ2) is 8.82. The summed E-state index contributed by atoms with van der Waals surface area (Å²) in [6.45, 7) is 5.54. The van der Waals surface area contributed by atoms with Crippen LogP contribution in [-0.2, 0) is 27.3 Å². The number of allylic oxidation sites excluding steroid dienone is 1. The summed E-state index contributed by atoms with van der Waals surface area (Å²) in [6, 6.07) is 0. The maximum atomic E-state index is 3.48. The minimum absolute atomic E-state index is 0. The van der Waals surface area contributed by atoms with Gasteiger partial charge in [-0.15, -0.1) is 6.58 Å². The third-order valence-corrected chi connectivity index (χ3v) is 0.289. The minimum atomic E-state index is 0. The topological polar surface area (TPSA) is 0 Å². The van der Waals surface area contributed by atoms with Crippen LogP contribution in [0.1, 0.15) is 13.3 Å². The monoisotopic (exact) mass is 170 g/mol.